The second-order valence-electron chi connectivity index (χ2n) is 5.15. The Morgan fingerprint density at radius 3 is 2.32 bits per heavy atom. The van der Waals surface area contributed by atoms with Crippen molar-refractivity contribution in [3.63, 3.8) is 0 Å². The summed E-state index contributed by atoms with van der Waals surface area (Å²) in [6, 6.07) is 0. The molecule has 1 N–H and O–H groups in total. The Labute approximate surface area is 113 Å². The van der Waals surface area contributed by atoms with Crippen LogP contribution in [0.3, 0.4) is 0 Å². The van der Waals surface area contributed by atoms with E-state index in [1.54, 1.807) is 20.8 Å². The third kappa shape index (κ3) is 2.75. The molecule has 0 saturated carbocycles. The van der Waals surface area contributed by atoms with Crippen LogP contribution in [-0.2, 0) is 24.2 Å². The number of sulfone groups is 1. The van der Waals surface area contributed by atoms with E-state index >= 15 is 0 Å². The monoisotopic (exact) mass is 292 g/mol. The first-order valence-electron chi connectivity index (χ1n) is 6.29. The van der Waals surface area contributed by atoms with Gasteiger partial charge in [0.1, 0.15) is 0 Å². The number of carbonyl (C=O) groups is 2. The summed E-state index contributed by atoms with van der Waals surface area (Å²) in [4.78, 5) is 23.8. The number of carboxylic acid groups (broad SMARTS) is 1. The Balaban J connectivity index is 3.26. The maximum Gasteiger partial charge on any atom is 0.324 e. The van der Waals surface area contributed by atoms with E-state index in [-0.39, 0.29) is 24.5 Å². The second kappa shape index (κ2) is 5.48. The Morgan fingerprint density at radius 1 is 1.42 bits per heavy atom. The van der Waals surface area contributed by atoms with E-state index in [9.17, 15) is 23.1 Å². The van der Waals surface area contributed by atoms with Crippen molar-refractivity contribution in [3.8, 4) is 0 Å². The summed E-state index contributed by atoms with van der Waals surface area (Å²) in [6.07, 6.45) is 0.186. The highest BCUT2D eigenvalue weighted by Gasteiger charge is 2.58. The van der Waals surface area contributed by atoms with Gasteiger partial charge < -0.3 is 9.84 Å². The van der Waals surface area contributed by atoms with E-state index in [1.807, 2.05) is 0 Å². The number of carboxylic acids is 1. The zero-order valence-corrected chi connectivity index (χ0v) is 12.2. The van der Waals surface area contributed by atoms with Gasteiger partial charge in [-0.25, -0.2) is 8.42 Å². The van der Waals surface area contributed by atoms with Gasteiger partial charge in [-0.3, -0.25) is 9.59 Å². The molecule has 1 aliphatic heterocycles. The number of rotatable bonds is 5. The van der Waals surface area contributed by atoms with E-state index in [0.29, 0.717) is 0 Å². The minimum absolute atomic E-state index is 0.0695. The van der Waals surface area contributed by atoms with Gasteiger partial charge in [-0.2, -0.15) is 0 Å². The SMILES string of the molecule is CCOC(=O)C(C(=O)O)(C(C)C)C1CCS(=O)(=O)C1. The summed E-state index contributed by atoms with van der Waals surface area (Å²) in [7, 11) is -3.27. The van der Waals surface area contributed by atoms with Crippen molar-refractivity contribution in [3.05, 3.63) is 0 Å². The van der Waals surface area contributed by atoms with Crippen molar-refractivity contribution in [1.82, 2.24) is 0 Å². The highest BCUT2D eigenvalue weighted by atomic mass is 32.2. The third-order valence-corrected chi connectivity index (χ3v) is 5.52. The fourth-order valence-electron chi connectivity index (χ4n) is 2.79. The molecule has 0 aromatic heterocycles. The van der Waals surface area contributed by atoms with Crippen molar-refractivity contribution in [2.24, 2.45) is 17.3 Å². The van der Waals surface area contributed by atoms with E-state index < -0.39 is 39.0 Å². The summed E-state index contributed by atoms with van der Waals surface area (Å²) in [5, 5.41) is 9.53. The summed E-state index contributed by atoms with van der Waals surface area (Å²) in [6.45, 7) is 4.88. The Hall–Kier alpha value is -1.11. The Morgan fingerprint density at radius 2 is 2.00 bits per heavy atom. The third-order valence-electron chi connectivity index (χ3n) is 3.75. The highest BCUT2D eigenvalue weighted by Crippen LogP contribution is 2.43. The molecule has 7 heteroatoms. The van der Waals surface area contributed by atoms with Gasteiger partial charge in [0.05, 0.1) is 18.1 Å². The fourth-order valence-corrected chi connectivity index (χ4v) is 4.64. The van der Waals surface area contributed by atoms with Crippen LogP contribution in [0.4, 0.5) is 0 Å². The van der Waals surface area contributed by atoms with Crippen LogP contribution in [0, 0.1) is 17.3 Å². The molecule has 1 fully saturated rings. The number of ether oxygens (including phenoxy) is 1. The van der Waals surface area contributed by atoms with Crippen LogP contribution >= 0.6 is 0 Å². The molecule has 19 heavy (non-hydrogen) atoms. The summed E-state index contributed by atoms with van der Waals surface area (Å²) >= 11 is 0. The van der Waals surface area contributed by atoms with Gasteiger partial charge in [0.15, 0.2) is 15.3 Å². The lowest BCUT2D eigenvalue weighted by atomic mass is 9.67. The molecule has 2 unspecified atom stereocenters. The number of carbonyl (C=O) groups excluding carboxylic acids is 1. The van der Waals surface area contributed by atoms with Crippen LogP contribution in [0.5, 0.6) is 0 Å². The fraction of sp³-hybridized carbons (Fsp3) is 0.833. The molecule has 0 bridgehead atoms. The summed E-state index contributed by atoms with van der Waals surface area (Å²) < 4.78 is 28.0. The first-order valence-corrected chi connectivity index (χ1v) is 8.11. The quantitative estimate of drug-likeness (QED) is 0.592. The van der Waals surface area contributed by atoms with E-state index in [4.69, 9.17) is 4.74 Å². The molecule has 1 heterocycles. The van der Waals surface area contributed by atoms with Crippen molar-refractivity contribution < 1.29 is 27.9 Å². The van der Waals surface area contributed by atoms with Crippen LogP contribution in [0.2, 0.25) is 0 Å². The molecule has 0 aromatic carbocycles. The predicted molar refractivity (Wildman–Crippen MR) is 68.3 cm³/mol. The zero-order valence-electron chi connectivity index (χ0n) is 11.4. The average molecular weight is 292 g/mol. The highest BCUT2D eigenvalue weighted by molar-refractivity contribution is 7.91. The topological polar surface area (TPSA) is 97.7 Å². The lowest BCUT2D eigenvalue weighted by Gasteiger charge is -2.35. The molecule has 110 valence electrons. The predicted octanol–water partition coefficient (Wildman–Crippen LogP) is 0.711. The molecule has 6 nitrogen and oxygen atoms in total. The van der Waals surface area contributed by atoms with Crippen LogP contribution < -0.4 is 0 Å². The van der Waals surface area contributed by atoms with Crippen molar-refractivity contribution in [2.75, 3.05) is 18.1 Å². The zero-order chi connectivity index (χ0) is 14.8. The molecule has 1 saturated heterocycles. The van der Waals surface area contributed by atoms with Crippen LogP contribution in [0.15, 0.2) is 0 Å². The second-order valence-corrected chi connectivity index (χ2v) is 7.38. The maximum atomic E-state index is 12.1. The van der Waals surface area contributed by atoms with Crippen LogP contribution in [0.1, 0.15) is 27.2 Å². The molecular formula is C12H20O6S. The Kier molecular flexibility index (Phi) is 4.60. The largest absolute Gasteiger partial charge is 0.480 e. The van der Waals surface area contributed by atoms with Crippen molar-refractivity contribution in [2.45, 2.75) is 27.2 Å². The van der Waals surface area contributed by atoms with Crippen molar-refractivity contribution in [1.29, 1.82) is 0 Å². The van der Waals surface area contributed by atoms with Gasteiger partial charge in [0.25, 0.3) is 0 Å². The van der Waals surface area contributed by atoms with Gasteiger partial charge >= 0.3 is 11.9 Å². The van der Waals surface area contributed by atoms with E-state index in [0.717, 1.165) is 0 Å². The number of hydrogen-bond donors (Lipinski definition) is 1. The van der Waals surface area contributed by atoms with Gasteiger partial charge in [-0.1, -0.05) is 13.8 Å². The first kappa shape index (κ1) is 15.9. The van der Waals surface area contributed by atoms with Gasteiger partial charge in [-0.15, -0.1) is 0 Å². The molecular weight excluding hydrogens is 272 g/mol. The minimum Gasteiger partial charge on any atom is -0.480 e. The normalized spacial score (nSPS) is 24.9. The molecule has 0 amide bonds. The molecule has 2 atom stereocenters. The molecule has 0 aromatic rings. The summed E-state index contributed by atoms with van der Waals surface area (Å²) in [5.74, 6) is -3.74. The van der Waals surface area contributed by atoms with Gasteiger partial charge in [0, 0.05) is 5.92 Å². The molecule has 1 rings (SSSR count). The van der Waals surface area contributed by atoms with Crippen LogP contribution in [0.25, 0.3) is 0 Å². The smallest absolute Gasteiger partial charge is 0.324 e. The summed E-state index contributed by atoms with van der Waals surface area (Å²) in [5.41, 5.74) is -1.78. The molecule has 0 aliphatic carbocycles. The van der Waals surface area contributed by atoms with E-state index in [1.165, 1.54) is 0 Å². The van der Waals surface area contributed by atoms with Gasteiger partial charge in [0.2, 0.25) is 0 Å². The van der Waals surface area contributed by atoms with Gasteiger partial charge in [-0.05, 0) is 19.3 Å². The lowest BCUT2D eigenvalue weighted by Crippen LogP contribution is -2.51. The average Bonchev–Trinajstić information content (AvgIpc) is 2.59. The van der Waals surface area contributed by atoms with E-state index in [2.05, 4.69) is 0 Å². The maximum absolute atomic E-state index is 12.1. The minimum atomic E-state index is -3.27. The number of aliphatic carboxylic acids is 1. The number of hydrogen-bond acceptors (Lipinski definition) is 5. The molecule has 1 aliphatic rings. The number of esters is 1. The molecule has 0 spiro atoms. The Bertz CT molecular complexity index is 467. The van der Waals surface area contributed by atoms with Crippen molar-refractivity contribution >= 4 is 21.8 Å². The van der Waals surface area contributed by atoms with Crippen LogP contribution in [-0.4, -0.2) is 43.6 Å². The standard InChI is InChI=1S/C12H20O6S/c1-4-18-11(15)12(8(2)3,10(13)14)9-5-6-19(16,17)7-9/h8-9H,4-7H2,1-3H3,(H,13,14). The first-order chi connectivity index (χ1) is 8.68. The molecule has 0 radical (unpaired) electrons. The lowest BCUT2D eigenvalue weighted by molar-refractivity contribution is -0.177.